The SMILES string of the molecule is Cc1ccc(SCc2ncc(CNC3CC3)cn2)cc1. The zero-order valence-corrected chi connectivity index (χ0v) is 12.5. The second-order valence-electron chi connectivity index (χ2n) is 5.26. The quantitative estimate of drug-likeness (QED) is 0.826. The van der Waals surface area contributed by atoms with E-state index in [9.17, 15) is 0 Å². The first-order valence-electron chi connectivity index (χ1n) is 7.02. The number of nitrogens with zero attached hydrogens (tertiary/aromatic N) is 2. The number of hydrogen-bond acceptors (Lipinski definition) is 4. The summed E-state index contributed by atoms with van der Waals surface area (Å²) in [5.74, 6) is 1.71. The van der Waals surface area contributed by atoms with Crippen molar-refractivity contribution in [2.75, 3.05) is 0 Å². The van der Waals surface area contributed by atoms with Crippen molar-refractivity contribution in [1.82, 2.24) is 15.3 Å². The molecule has 1 saturated carbocycles. The highest BCUT2D eigenvalue weighted by Gasteiger charge is 2.19. The van der Waals surface area contributed by atoms with Gasteiger partial charge in [-0.05, 0) is 31.9 Å². The molecule has 0 aliphatic heterocycles. The molecule has 0 saturated heterocycles. The predicted molar refractivity (Wildman–Crippen MR) is 82.6 cm³/mol. The maximum absolute atomic E-state index is 4.44. The summed E-state index contributed by atoms with van der Waals surface area (Å²) in [5, 5.41) is 3.47. The Kier molecular flexibility index (Phi) is 4.33. The smallest absolute Gasteiger partial charge is 0.138 e. The fraction of sp³-hybridized carbons (Fsp3) is 0.375. The Bertz CT molecular complexity index is 547. The Morgan fingerprint density at radius 1 is 1.15 bits per heavy atom. The zero-order valence-electron chi connectivity index (χ0n) is 11.7. The molecule has 3 rings (SSSR count). The van der Waals surface area contributed by atoms with Gasteiger partial charge < -0.3 is 5.32 Å². The van der Waals surface area contributed by atoms with Crippen LogP contribution in [0, 0.1) is 6.92 Å². The molecular formula is C16H19N3S. The number of rotatable bonds is 6. The minimum atomic E-state index is 0.728. The van der Waals surface area contributed by atoms with E-state index in [1.54, 1.807) is 11.8 Å². The van der Waals surface area contributed by atoms with Gasteiger partial charge in [0, 0.05) is 35.4 Å². The van der Waals surface area contributed by atoms with Crippen molar-refractivity contribution in [1.29, 1.82) is 0 Å². The van der Waals surface area contributed by atoms with Crippen molar-refractivity contribution in [3.8, 4) is 0 Å². The van der Waals surface area contributed by atoms with E-state index in [0.717, 1.165) is 24.2 Å². The van der Waals surface area contributed by atoms with E-state index < -0.39 is 0 Å². The van der Waals surface area contributed by atoms with Gasteiger partial charge in [-0.15, -0.1) is 11.8 Å². The molecule has 1 aromatic carbocycles. The lowest BCUT2D eigenvalue weighted by molar-refractivity contribution is 0.682. The van der Waals surface area contributed by atoms with Crippen LogP contribution in [0.15, 0.2) is 41.6 Å². The topological polar surface area (TPSA) is 37.8 Å². The van der Waals surface area contributed by atoms with Crippen LogP contribution in [0.5, 0.6) is 0 Å². The maximum Gasteiger partial charge on any atom is 0.138 e. The highest BCUT2D eigenvalue weighted by Crippen LogP contribution is 2.21. The molecule has 20 heavy (non-hydrogen) atoms. The summed E-state index contributed by atoms with van der Waals surface area (Å²) >= 11 is 1.78. The van der Waals surface area contributed by atoms with E-state index in [1.807, 2.05) is 12.4 Å². The average molecular weight is 285 g/mol. The average Bonchev–Trinajstić information content (AvgIpc) is 3.30. The Hall–Kier alpha value is -1.39. The second kappa shape index (κ2) is 6.37. The maximum atomic E-state index is 4.44. The van der Waals surface area contributed by atoms with E-state index in [1.165, 1.54) is 28.9 Å². The number of aryl methyl sites for hydroxylation is 1. The van der Waals surface area contributed by atoms with Crippen LogP contribution in [0.3, 0.4) is 0 Å². The molecule has 1 fully saturated rings. The molecule has 1 N–H and O–H groups in total. The number of hydrogen-bond donors (Lipinski definition) is 1. The third-order valence-corrected chi connectivity index (χ3v) is 4.33. The first-order valence-corrected chi connectivity index (χ1v) is 8.01. The van der Waals surface area contributed by atoms with Gasteiger partial charge in [0.1, 0.15) is 5.82 Å². The van der Waals surface area contributed by atoms with Crippen molar-refractivity contribution < 1.29 is 0 Å². The highest BCUT2D eigenvalue weighted by atomic mass is 32.2. The summed E-state index contributed by atoms with van der Waals surface area (Å²) < 4.78 is 0. The van der Waals surface area contributed by atoms with Crippen LogP contribution in [0.2, 0.25) is 0 Å². The zero-order chi connectivity index (χ0) is 13.8. The first-order chi connectivity index (χ1) is 9.79. The molecule has 4 heteroatoms. The molecule has 0 radical (unpaired) electrons. The third kappa shape index (κ3) is 4.05. The summed E-state index contributed by atoms with van der Waals surface area (Å²) in [6.07, 6.45) is 6.50. The molecule has 0 unspecified atom stereocenters. The molecule has 1 aromatic heterocycles. The van der Waals surface area contributed by atoms with E-state index in [4.69, 9.17) is 0 Å². The predicted octanol–water partition coefficient (Wildman–Crippen LogP) is 3.33. The molecule has 0 amide bonds. The highest BCUT2D eigenvalue weighted by molar-refractivity contribution is 7.98. The van der Waals surface area contributed by atoms with Gasteiger partial charge in [0.15, 0.2) is 0 Å². The normalized spacial score (nSPS) is 14.4. The van der Waals surface area contributed by atoms with E-state index in [2.05, 4.69) is 46.5 Å². The summed E-state index contributed by atoms with van der Waals surface area (Å²) in [5.41, 5.74) is 2.46. The monoisotopic (exact) mass is 285 g/mol. The molecule has 104 valence electrons. The standard InChI is InChI=1S/C16H19N3S/c1-12-2-6-15(7-3-12)20-11-16-18-9-13(10-19-16)8-17-14-4-5-14/h2-3,6-7,9-10,14,17H,4-5,8,11H2,1H3. The number of aromatic nitrogens is 2. The Labute approximate surface area is 124 Å². The lowest BCUT2D eigenvalue weighted by Crippen LogP contribution is -2.15. The van der Waals surface area contributed by atoms with E-state index in [-0.39, 0.29) is 0 Å². The van der Waals surface area contributed by atoms with Crippen molar-refractivity contribution >= 4 is 11.8 Å². The van der Waals surface area contributed by atoms with Crippen molar-refractivity contribution in [3.63, 3.8) is 0 Å². The molecule has 0 spiro atoms. The lowest BCUT2D eigenvalue weighted by atomic mass is 10.2. The molecule has 1 heterocycles. The van der Waals surface area contributed by atoms with Crippen molar-refractivity contribution in [2.24, 2.45) is 0 Å². The van der Waals surface area contributed by atoms with Crippen LogP contribution in [0.4, 0.5) is 0 Å². The molecule has 0 bridgehead atoms. The molecule has 3 nitrogen and oxygen atoms in total. The van der Waals surface area contributed by atoms with Crippen LogP contribution in [-0.2, 0) is 12.3 Å². The largest absolute Gasteiger partial charge is 0.310 e. The van der Waals surface area contributed by atoms with E-state index >= 15 is 0 Å². The van der Waals surface area contributed by atoms with Gasteiger partial charge >= 0.3 is 0 Å². The molecule has 0 atom stereocenters. The molecular weight excluding hydrogens is 266 g/mol. The van der Waals surface area contributed by atoms with Crippen LogP contribution in [0.25, 0.3) is 0 Å². The summed E-state index contributed by atoms with van der Waals surface area (Å²) in [6, 6.07) is 9.29. The Balaban J connectivity index is 1.50. The van der Waals surface area contributed by atoms with E-state index in [0.29, 0.717) is 0 Å². The van der Waals surface area contributed by atoms with Gasteiger partial charge in [-0.25, -0.2) is 9.97 Å². The minimum Gasteiger partial charge on any atom is -0.310 e. The summed E-state index contributed by atoms with van der Waals surface area (Å²) in [4.78, 5) is 10.1. The van der Waals surface area contributed by atoms with Gasteiger partial charge in [0.25, 0.3) is 0 Å². The Morgan fingerprint density at radius 3 is 2.50 bits per heavy atom. The summed E-state index contributed by atoms with van der Waals surface area (Å²) in [6.45, 7) is 2.99. The van der Waals surface area contributed by atoms with Crippen molar-refractivity contribution in [3.05, 3.63) is 53.6 Å². The first kappa shape index (κ1) is 13.6. The van der Waals surface area contributed by atoms with Gasteiger partial charge in [0.05, 0.1) is 5.75 Å². The third-order valence-electron chi connectivity index (χ3n) is 3.32. The minimum absolute atomic E-state index is 0.728. The number of nitrogens with one attached hydrogen (secondary N) is 1. The van der Waals surface area contributed by atoms with Crippen LogP contribution in [-0.4, -0.2) is 16.0 Å². The van der Waals surface area contributed by atoms with Crippen LogP contribution >= 0.6 is 11.8 Å². The molecule has 1 aliphatic carbocycles. The van der Waals surface area contributed by atoms with Crippen LogP contribution in [0.1, 0.15) is 29.8 Å². The van der Waals surface area contributed by atoms with Crippen LogP contribution < -0.4 is 5.32 Å². The fourth-order valence-corrected chi connectivity index (χ4v) is 2.65. The number of benzene rings is 1. The molecule has 2 aromatic rings. The fourth-order valence-electron chi connectivity index (χ4n) is 1.88. The van der Waals surface area contributed by atoms with Gasteiger partial charge in [0.2, 0.25) is 0 Å². The van der Waals surface area contributed by atoms with Gasteiger partial charge in [-0.3, -0.25) is 0 Å². The Morgan fingerprint density at radius 2 is 1.85 bits per heavy atom. The second-order valence-corrected chi connectivity index (χ2v) is 6.31. The van der Waals surface area contributed by atoms with Crippen molar-refractivity contribution in [2.45, 2.75) is 43.0 Å². The van der Waals surface area contributed by atoms with Gasteiger partial charge in [-0.2, -0.15) is 0 Å². The lowest BCUT2D eigenvalue weighted by Gasteiger charge is -2.04. The summed E-state index contributed by atoms with van der Waals surface area (Å²) in [7, 11) is 0. The molecule has 1 aliphatic rings. The van der Waals surface area contributed by atoms with Gasteiger partial charge in [-0.1, -0.05) is 17.7 Å². The number of thioether (sulfide) groups is 1.